The Labute approximate surface area is 130 Å². The first-order chi connectivity index (χ1) is 10.2. The summed E-state index contributed by atoms with van der Waals surface area (Å²) in [4.78, 5) is 2.11. The molecule has 0 unspecified atom stereocenters. The maximum Gasteiger partial charge on any atom is 0.231 e. The average molecular weight is 302 g/mol. The Morgan fingerprint density at radius 1 is 1.24 bits per heavy atom. The van der Waals surface area contributed by atoms with Crippen LogP contribution in [0.1, 0.15) is 30.1 Å². The van der Waals surface area contributed by atoms with Crippen molar-refractivity contribution in [3.05, 3.63) is 35.7 Å². The fourth-order valence-corrected chi connectivity index (χ4v) is 3.99. The summed E-state index contributed by atoms with van der Waals surface area (Å²) in [7, 11) is 4.14. The molecule has 1 aromatic carbocycles. The van der Waals surface area contributed by atoms with E-state index in [2.05, 4.69) is 64.9 Å². The first-order valence-corrected chi connectivity index (χ1v) is 8.59. The first-order valence-electron chi connectivity index (χ1n) is 7.44. The number of hydrogen-bond donors (Lipinski definition) is 0. The predicted molar refractivity (Wildman–Crippen MR) is 89.5 cm³/mol. The average Bonchev–Trinajstić information content (AvgIpc) is 2.89. The van der Waals surface area contributed by atoms with E-state index in [0.29, 0.717) is 5.92 Å². The molecule has 1 aromatic heterocycles. The third-order valence-electron chi connectivity index (χ3n) is 4.16. The van der Waals surface area contributed by atoms with Gasteiger partial charge in [0.1, 0.15) is 5.82 Å². The minimum atomic E-state index is 0.559. The lowest BCUT2D eigenvalue weighted by molar-refractivity contribution is 0.573. The summed E-state index contributed by atoms with van der Waals surface area (Å²) in [5, 5.41) is 8.90. The van der Waals surface area contributed by atoms with Gasteiger partial charge in [0.15, 0.2) is 0 Å². The van der Waals surface area contributed by atoms with Gasteiger partial charge < -0.3 is 4.90 Å². The highest BCUT2D eigenvalue weighted by atomic mass is 32.2. The van der Waals surface area contributed by atoms with Gasteiger partial charge in [-0.3, -0.25) is 4.57 Å². The molecule has 1 aliphatic heterocycles. The van der Waals surface area contributed by atoms with Gasteiger partial charge in [-0.15, -0.1) is 10.2 Å². The van der Waals surface area contributed by atoms with Crippen molar-refractivity contribution in [2.45, 2.75) is 25.7 Å². The molecule has 112 valence electrons. The normalized spacial score (nSPS) is 16.1. The molecule has 1 fully saturated rings. The molecule has 5 heteroatoms. The molecule has 1 aliphatic rings. The highest BCUT2D eigenvalue weighted by molar-refractivity contribution is 7.99. The van der Waals surface area contributed by atoms with Crippen molar-refractivity contribution < 1.29 is 0 Å². The molecular formula is C16H22N4S. The SMILES string of the molecule is Cc1cccc(N(C)c2nnc(C3CCSCC3)n2C)c1. The number of aromatic nitrogens is 3. The van der Waals surface area contributed by atoms with Crippen LogP contribution in [0.2, 0.25) is 0 Å². The summed E-state index contributed by atoms with van der Waals surface area (Å²) in [6.45, 7) is 2.11. The summed E-state index contributed by atoms with van der Waals surface area (Å²) in [6.07, 6.45) is 2.43. The van der Waals surface area contributed by atoms with Crippen LogP contribution in [0.4, 0.5) is 11.6 Å². The van der Waals surface area contributed by atoms with Crippen LogP contribution >= 0.6 is 11.8 Å². The van der Waals surface area contributed by atoms with Gasteiger partial charge in [0.05, 0.1) is 0 Å². The molecule has 0 saturated carbocycles. The predicted octanol–water partition coefficient (Wildman–Crippen LogP) is 3.50. The Balaban J connectivity index is 1.87. The fraction of sp³-hybridized carbons (Fsp3) is 0.500. The highest BCUT2D eigenvalue weighted by Gasteiger charge is 2.23. The van der Waals surface area contributed by atoms with Crippen molar-refractivity contribution in [1.82, 2.24) is 14.8 Å². The smallest absolute Gasteiger partial charge is 0.231 e. The number of nitrogens with zero attached hydrogens (tertiary/aromatic N) is 4. The molecule has 0 radical (unpaired) electrons. The van der Waals surface area contributed by atoms with Crippen LogP contribution in [0.5, 0.6) is 0 Å². The van der Waals surface area contributed by atoms with Gasteiger partial charge in [-0.2, -0.15) is 11.8 Å². The molecule has 4 nitrogen and oxygen atoms in total. The van der Waals surface area contributed by atoms with E-state index in [1.165, 1.54) is 29.9 Å². The molecule has 0 bridgehead atoms. The van der Waals surface area contributed by atoms with Gasteiger partial charge in [-0.25, -0.2) is 0 Å². The van der Waals surface area contributed by atoms with Crippen LogP contribution in [0.25, 0.3) is 0 Å². The van der Waals surface area contributed by atoms with Crippen LogP contribution in [-0.4, -0.2) is 33.3 Å². The number of thioether (sulfide) groups is 1. The third kappa shape index (κ3) is 2.93. The lowest BCUT2D eigenvalue weighted by Gasteiger charge is -2.22. The van der Waals surface area contributed by atoms with Crippen LogP contribution in [0.3, 0.4) is 0 Å². The molecule has 2 heterocycles. The molecule has 0 aliphatic carbocycles. The zero-order valence-electron chi connectivity index (χ0n) is 12.9. The van der Waals surface area contributed by atoms with Gasteiger partial charge in [0, 0.05) is 25.7 Å². The second-order valence-corrected chi connectivity index (χ2v) is 6.93. The second kappa shape index (κ2) is 6.10. The Hall–Kier alpha value is -1.49. The Morgan fingerprint density at radius 2 is 2.00 bits per heavy atom. The topological polar surface area (TPSA) is 34.0 Å². The van der Waals surface area contributed by atoms with Gasteiger partial charge in [0.2, 0.25) is 5.95 Å². The molecule has 0 spiro atoms. The maximum atomic E-state index is 4.47. The molecule has 0 N–H and O–H groups in total. The summed E-state index contributed by atoms with van der Waals surface area (Å²) < 4.78 is 2.16. The van der Waals surface area contributed by atoms with E-state index in [0.717, 1.165) is 17.5 Å². The monoisotopic (exact) mass is 302 g/mol. The molecule has 3 rings (SSSR count). The fourth-order valence-electron chi connectivity index (χ4n) is 2.89. The van der Waals surface area contributed by atoms with Crippen LogP contribution < -0.4 is 4.90 Å². The zero-order chi connectivity index (χ0) is 14.8. The molecule has 1 saturated heterocycles. The molecule has 21 heavy (non-hydrogen) atoms. The Morgan fingerprint density at radius 3 is 2.71 bits per heavy atom. The largest absolute Gasteiger partial charge is 0.314 e. The maximum absolute atomic E-state index is 4.47. The van der Waals surface area contributed by atoms with E-state index in [-0.39, 0.29) is 0 Å². The zero-order valence-corrected chi connectivity index (χ0v) is 13.7. The van der Waals surface area contributed by atoms with Gasteiger partial charge in [0.25, 0.3) is 0 Å². The minimum Gasteiger partial charge on any atom is -0.314 e. The summed E-state index contributed by atoms with van der Waals surface area (Å²) in [5.74, 6) is 5.07. The second-order valence-electron chi connectivity index (χ2n) is 5.70. The third-order valence-corrected chi connectivity index (χ3v) is 5.21. The Bertz CT molecular complexity index is 616. The van der Waals surface area contributed by atoms with E-state index in [4.69, 9.17) is 0 Å². The van der Waals surface area contributed by atoms with Crippen LogP contribution in [0, 0.1) is 6.92 Å². The number of benzene rings is 1. The van der Waals surface area contributed by atoms with E-state index >= 15 is 0 Å². The van der Waals surface area contributed by atoms with Gasteiger partial charge >= 0.3 is 0 Å². The van der Waals surface area contributed by atoms with E-state index in [1.54, 1.807) is 0 Å². The highest BCUT2D eigenvalue weighted by Crippen LogP contribution is 2.32. The number of anilines is 2. The summed E-state index contributed by atoms with van der Waals surface area (Å²) >= 11 is 2.04. The van der Waals surface area contributed by atoms with E-state index in [9.17, 15) is 0 Å². The van der Waals surface area contributed by atoms with Crippen molar-refractivity contribution in [1.29, 1.82) is 0 Å². The van der Waals surface area contributed by atoms with Crippen molar-refractivity contribution in [2.75, 3.05) is 23.5 Å². The number of hydrogen-bond acceptors (Lipinski definition) is 4. The van der Waals surface area contributed by atoms with Crippen LogP contribution in [0.15, 0.2) is 24.3 Å². The van der Waals surface area contributed by atoms with Crippen molar-refractivity contribution in [2.24, 2.45) is 7.05 Å². The Kier molecular flexibility index (Phi) is 4.19. The summed E-state index contributed by atoms with van der Waals surface area (Å²) in [5.41, 5.74) is 2.40. The minimum absolute atomic E-state index is 0.559. The first kappa shape index (κ1) is 14.4. The molecule has 2 aromatic rings. The molecular weight excluding hydrogens is 280 g/mol. The molecule has 0 atom stereocenters. The van der Waals surface area contributed by atoms with E-state index < -0.39 is 0 Å². The molecule has 0 amide bonds. The number of rotatable bonds is 3. The summed E-state index contributed by atoms with van der Waals surface area (Å²) in [6, 6.07) is 8.47. The van der Waals surface area contributed by atoms with Crippen molar-refractivity contribution in [3.8, 4) is 0 Å². The lowest BCUT2D eigenvalue weighted by Crippen LogP contribution is -2.17. The van der Waals surface area contributed by atoms with Gasteiger partial charge in [-0.1, -0.05) is 12.1 Å². The number of aryl methyl sites for hydroxylation is 1. The standard InChI is InChI=1S/C16H22N4S/c1-12-5-4-6-14(11-12)19(2)16-18-17-15(20(16)3)13-7-9-21-10-8-13/h4-6,11,13H,7-10H2,1-3H3. The van der Waals surface area contributed by atoms with Crippen molar-refractivity contribution in [3.63, 3.8) is 0 Å². The van der Waals surface area contributed by atoms with Crippen LogP contribution in [-0.2, 0) is 7.05 Å². The lowest BCUT2D eigenvalue weighted by atomic mass is 10.0. The van der Waals surface area contributed by atoms with E-state index in [1.807, 2.05) is 11.8 Å². The quantitative estimate of drug-likeness (QED) is 0.869. The van der Waals surface area contributed by atoms with Gasteiger partial charge in [-0.05, 0) is 49.0 Å². The van der Waals surface area contributed by atoms with Crippen molar-refractivity contribution >= 4 is 23.4 Å².